The van der Waals surface area contributed by atoms with Crippen molar-refractivity contribution in [2.45, 2.75) is 19.4 Å². The zero-order chi connectivity index (χ0) is 15.3. The minimum atomic E-state index is -1.49. The number of carbonyl (C=O) groups excluding carboxylic acids is 1. The number of amides is 2. The Kier molecular flexibility index (Phi) is 5.51. The number of anilines is 1. The lowest BCUT2D eigenvalue weighted by Gasteiger charge is -2.14. The molecule has 0 saturated carbocycles. The molecule has 0 bridgehead atoms. The molecule has 0 aromatic heterocycles. The van der Waals surface area contributed by atoms with Crippen LogP contribution < -0.4 is 10.6 Å². The number of carbonyl (C=O) groups is 3. The van der Waals surface area contributed by atoms with Crippen molar-refractivity contribution < 1.29 is 24.6 Å². The van der Waals surface area contributed by atoms with Crippen LogP contribution in [0, 0.1) is 6.92 Å². The Bertz CT molecular complexity index is 547. The molecule has 0 unspecified atom stereocenters. The van der Waals surface area contributed by atoms with Gasteiger partial charge in [0.1, 0.15) is 6.04 Å². The van der Waals surface area contributed by atoms with Gasteiger partial charge >= 0.3 is 18.0 Å². The van der Waals surface area contributed by atoms with Gasteiger partial charge in [0.15, 0.2) is 0 Å². The summed E-state index contributed by atoms with van der Waals surface area (Å²) in [7, 11) is 0. The number of nitrogens with one attached hydrogen (secondary N) is 2. The lowest BCUT2D eigenvalue weighted by Crippen LogP contribution is -2.44. The number of halogens is 1. The summed E-state index contributed by atoms with van der Waals surface area (Å²) in [5.41, 5.74) is 1.37. The molecule has 108 valence electrons. The Balaban J connectivity index is 2.72. The molecule has 1 atom stereocenters. The fourth-order valence-electron chi connectivity index (χ4n) is 1.43. The summed E-state index contributed by atoms with van der Waals surface area (Å²) in [6.45, 7) is 1.83. The molecular weight excluding hydrogens is 332 g/mol. The Morgan fingerprint density at radius 3 is 2.50 bits per heavy atom. The molecule has 0 aliphatic carbocycles. The smallest absolute Gasteiger partial charge is 0.326 e. The van der Waals surface area contributed by atoms with E-state index in [0.29, 0.717) is 10.2 Å². The van der Waals surface area contributed by atoms with E-state index < -0.39 is 30.4 Å². The van der Waals surface area contributed by atoms with Gasteiger partial charge in [0, 0.05) is 4.47 Å². The number of benzene rings is 1. The number of aryl methyl sites for hydroxylation is 1. The van der Waals surface area contributed by atoms with Crippen LogP contribution in [0.1, 0.15) is 12.0 Å². The molecule has 1 aromatic rings. The molecule has 0 fully saturated rings. The summed E-state index contributed by atoms with van der Waals surface area (Å²) in [5.74, 6) is -2.72. The highest BCUT2D eigenvalue weighted by Crippen LogP contribution is 2.23. The minimum absolute atomic E-state index is 0.460. The van der Waals surface area contributed by atoms with Gasteiger partial charge < -0.3 is 20.8 Å². The van der Waals surface area contributed by atoms with E-state index in [-0.39, 0.29) is 0 Å². The Morgan fingerprint density at radius 1 is 1.30 bits per heavy atom. The van der Waals surface area contributed by atoms with Gasteiger partial charge in [-0.1, -0.05) is 6.07 Å². The highest BCUT2D eigenvalue weighted by molar-refractivity contribution is 9.10. The summed E-state index contributed by atoms with van der Waals surface area (Å²) in [5, 5.41) is 21.9. The highest BCUT2D eigenvalue weighted by Gasteiger charge is 2.23. The van der Waals surface area contributed by atoms with Crippen molar-refractivity contribution in [3.8, 4) is 0 Å². The van der Waals surface area contributed by atoms with E-state index in [0.717, 1.165) is 5.56 Å². The van der Waals surface area contributed by atoms with Crippen molar-refractivity contribution in [3.63, 3.8) is 0 Å². The van der Waals surface area contributed by atoms with E-state index in [1.54, 1.807) is 12.1 Å². The molecule has 0 heterocycles. The number of carboxylic acid groups (broad SMARTS) is 2. The summed E-state index contributed by atoms with van der Waals surface area (Å²) < 4.78 is 0.628. The van der Waals surface area contributed by atoms with E-state index in [2.05, 4.69) is 26.6 Å². The summed E-state index contributed by atoms with van der Waals surface area (Å²) in [4.78, 5) is 33.0. The van der Waals surface area contributed by atoms with E-state index in [1.165, 1.54) is 0 Å². The lowest BCUT2D eigenvalue weighted by molar-refractivity contribution is -0.145. The van der Waals surface area contributed by atoms with Crippen LogP contribution in [0.25, 0.3) is 0 Å². The fourth-order valence-corrected chi connectivity index (χ4v) is 1.77. The zero-order valence-corrected chi connectivity index (χ0v) is 12.1. The van der Waals surface area contributed by atoms with E-state index in [4.69, 9.17) is 10.2 Å². The molecule has 7 nitrogen and oxygen atoms in total. The second-order valence-corrected chi connectivity index (χ2v) is 4.92. The number of aliphatic carboxylic acids is 2. The van der Waals surface area contributed by atoms with Crippen LogP contribution >= 0.6 is 15.9 Å². The van der Waals surface area contributed by atoms with Crippen LogP contribution in [-0.2, 0) is 9.59 Å². The van der Waals surface area contributed by atoms with Gasteiger partial charge in [-0.25, -0.2) is 9.59 Å². The van der Waals surface area contributed by atoms with Gasteiger partial charge in [-0.15, -0.1) is 0 Å². The van der Waals surface area contributed by atoms with Crippen LogP contribution in [0.5, 0.6) is 0 Å². The van der Waals surface area contributed by atoms with Crippen LogP contribution in [0.15, 0.2) is 22.7 Å². The first-order valence-electron chi connectivity index (χ1n) is 5.58. The average molecular weight is 345 g/mol. The number of carboxylic acids is 2. The maximum Gasteiger partial charge on any atom is 0.326 e. The first-order chi connectivity index (χ1) is 9.29. The molecular formula is C12H13BrN2O5. The second-order valence-electron chi connectivity index (χ2n) is 4.07. The Hall–Kier alpha value is -2.09. The minimum Gasteiger partial charge on any atom is -0.481 e. The van der Waals surface area contributed by atoms with Crippen molar-refractivity contribution in [3.05, 3.63) is 28.2 Å². The zero-order valence-electron chi connectivity index (χ0n) is 10.5. The van der Waals surface area contributed by atoms with E-state index >= 15 is 0 Å². The molecule has 1 aromatic carbocycles. The maximum atomic E-state index is 11.7. The number of rotatable bonds is 5. The summed E-state index contributed by atoms with van der Waals surface area (Å²) >= 11 is 3.24. The van der Waals surface area contributed by atoms with Crippen molar-refractivity contribution in [2.24, 2.45) is 0 Å². The molecule has 4 N–H and O–H groups in total. The highest BCUT2D eigenvalue weighted by atomic mass is 79.9. The van der Waals surface area contributed by atoms with Crippen LogP contribution in [-0.4, -0.2) is 34.2 Å². The summed E-state index contributed by atoms with van der Waals surface area (Å²) in [6.07, 6.45) is -0.697. The number of hydrogen-bond acceptors (Lipinski definition) is 3. The predicted octanol–water partition coefficient (Wildman–Crippen LogP) is 1.81. The van der Waals surface area contributed by atoms with Gasteiger partial charge in [0.2, 0.25) is 0 Å². The first kappa shape index (κ1) is 16.0. The van der Waals surface area contributed by atoms with Gasteiger partial charge in [0.25, 0.3) is 0 Å². The van der Waals surface area contributed by atoms with Crippen LogP contribution in [0.3, 0.4) is 0 Å². The molecule has 2 amide bonds. The molecule has 0 saturated heterocycles. The van der Waals surface area contributed by atoms with E-state index in [1.807, 2.05) is 13.0 Å². The van der Waals surface area contributed by atoms with Crippen LogP contribution in [0.2, 0.25) is 0 Å². The SMILES string of the molecule is Cc1ccc(Br)c(NC(=O)N[C@@H](CC(=O)O)C(=O)O)c1. The van der Waals surface area contributed by atoms with Gasteiger partial charge in [-0.2, -0.15) is 0 Å². The lowest BCUT2D eigenvalue weighted by atomic mass is 10.2. The molecule has 0 radical (unpaired) electrons. The topological polar surface area (TPSA) is 116 Å². The third-order valence-corrected chi connectivity index (χ3v) is 3.04. The van der Waals surface area contributed by atoms with Crippen molar-refractivity contribution >= 4 is 39.6 Å². The second kappa shape index (κ2) is 6.90. The molecule has 8 heteroatoms. The normalized spacial score (nSPS) is 11.5. The van der Waals surface area contributed by atoms with E-state index in [9.17, 15) is 14.4 Å². The maximum absolute atomic E-state index is 11.7. The van der Waals surface area contributed by atoms with Crippen molar-refractivity contribution in [2.75, 3.05) is 5.32 Å². The average Bonchev–Trinajstić information content (AvgIpc) is 2.32. The van der Waals surface area contributed by atoms with Gasteiger partial charge in [0.05, 0.1) is 12.1 Å². The third kappa shape index (κ3) is 4.88. The molecule has 0 aliphatic heterocycles. The largest absolute Gasteiger partial charge is 0.481 e. The standard InChI is InChI=1S/C12H13BrN2O5/c1-6-2-3-7(13)8(4-6)14-12(20)15-9(11(18)19)5-10(16)17/h2-4,9H,5H2,1H3,(H,16,17)(H,18,19)(H2,14,15,20)/t9-/m0/s1. The van der Waals surface area contributed by atoms with Gasteiger partial charge in [-0.05, 0) is 40.5 Å². The summed E-state index contributed by atoms with van der Waals surface area (Å²) in [6, 6.07) is 2.98. The monoisotopic (exact) mass is 344 g/mol. The molecule has 0 spiro atoms. The van der Waals surface area contributed by atoms with Crippen molar-refractivity contribution in [1.82, 2.24) is 5.32 Å². The Labute approximate surface area is 123 Å². The molecule has 1 rings (SSSR count). The van der Waals surface area contributed by atoms with Gasteiger partial charge in [-0.3, -0.25) is 4.79 Å². The van der Waals surface area contributed by atoms with Crippen LogP contribution in [0.4, 0.5) is 10.5 Å². The number of urea groups is 1. The Morgan fingerprint density at radius 2 is 1.95 bits per heavy atom. The quantitative estimate of drug-likeness (QED) is 0.650. The predicted molar refractivity (Wildman–Crippen MR) is 74.7 cm³/mol. The molecule has 20 heavy (non-hydrogen) atoms. The molecule has 0 aliphatic rings. The number of hydrogen-bond donors (Lipinski definition) is 4. The third-order valence-electron chi connectivity index (χ3n) is 2.35. The first-order valence-corrected chi connectivity index (χ1v) is 6.37. The van der Waals surface area contributed by atoms with Crippen molar-refractivity contribution in [1.29, 1.82) is 0 Å². The fraction of sp³-hybridized carbons (Fsp3) is 0.250.